The maximum absolute atomic E-state index is 10.5. The van der Waals surface area contributed by atoms with Crippen molar-refractivity contribution in [2.75, 3.05) is 0 Å². The maximum atomic E-state index is 10.5. The number of rotatable bonds is 3. The third kappa shape index (κ3) is 2.96. The molecule has 0 spiro atoms. The molecular weight excluding hydrogens is 136 g/mol. The van der Waals surface area contributed by atoms with E-state index in [1.54, 1.807) is 0 Å². The molecule has 2 unspecified atom stereocenters. The largest absolute Gasteiger partial charge is 0.306 e. The van der Waals surface area contributed by atoms with E-state index in [-0.39, 0.29) is 5.25 Å². The van der Waals surface area contributed by atoms with Crippen LogP contribution in [0.2, 0.25) is 0 Å². The first-order chi connectivity index (χ1) is 4.09. The minimum atomic E-state index is -1.63. The van der Waals surface area contributed by atoms with Crippen LogP contribution in [0.4, 0.5) is 0 Å². The zero-order valence-corrected chi connectivity index (χ0v) is 6.94. The van der Waals surface area contributed by atoms with Gasteiger partial charge in [0.05, 0.1) is 5.25 Å². The van der Waals surface area contributed by atoms with E-state index < -0.39 is 11.1 Å². The molecule has 0 radical (unpaired) electrons. The highest BCUT2D eigenvalue weighted by Gasteiger charge is 2.15. The van der Waals surface area contributed by atoms with Crippen LogP contribution in [-0.4, -0.2) is 14.0 Å². The van der Waals surface area contributed by atoms with Crippen LogP contribution < -0.4 is 0 Å². The van der Waals surface area contributed by atoms with Crippen molar-refractivity contribution < 1.29 is 8.76 Å². The van der Waals surface area contributed by atoms with Gasteiger partial charge in [-0.3, -0.25) is 0 Å². The molecule has 0 bridgehead atoms. The first-order valence-corrected chi connectivity index (χ1v) is 4.36. The number of hydrogen-bond donors (Lipinski definition) is 1. The highest BCUT2D eigenvalue weighted by Crippen LogP contribution is 2.10. The molecule has 0 aromatic carbocycles. The molecule has 0 aromatic heterocycles. The van der Waals surface area contributed by atoms with Crippen LogP contribution in [0.3, 0.4) is 0 Å². The fourth-order valence-corrected chi connectivity index (χ4v) is 1.60. The van der Waals surface area contributed by atoms with Gasteiger partial charge >= 0.3 is 0 Å². The first kappa shape index (κ1) is 9.11. The second-order valence-corrected chi connectivity index (χ2v) is 3.62. The second kappa shape index (κ2) is 4.01. The minimum absolute atomic E-state index is 0.0509. The average Bonchev–Trinajstić information content (AvgIpc) is 1.64. The lowest BCUT2D eigenvalue weighted by Gasteiger charge is -2.13. The van der Waals surface area contributed by atoms with Crippen LogP contribution in [0.1, 0.15) is 27.2 Å². The predicted octanol–water partition coefficient (Wildman–Crippen LogP) is 1.64. The summed E-state index contributed by atoms with van der Waals surface area (Å²) in [5, 5.41) is -0.0509. The summed E-state index contributed by atoms with van der Waals surface area (Å²) in [6, 6.07) is 0. The summed E-state index contributed by atoms with van der Waals surface area (Å²) >= 11 is -1.63. The van der Waals surface area contributed by atoms with Gasteiger partial charge in [-0.15, -0.1) is 0 Å². The average molecular weight is 150 g/mol. The SMILES string of the molecule is CCC(C(C)C)S(=O)O. The molecule has 0 aliphatic rings. The quantitative estimate of drug-likeness (QED) is 0.621. The Morgan fingerprint density at radius 3 is 2.00 bits per heavy atom. The summed E-state index contributed by atoms with van der Waals surface area (Å²) in [7, 11) is 0. The normalized spacial score (nSPS) is 17.9. The lowest BCUT2D eigenvalue weighted by Crippen LogP contribution is -2.19. The Morgan fingerprint density at radius 1 is 1.56 bits per heavy atom. The first-order valence-electron chi connectivity index (χ1n) is 3.19. The molecule has 2 atom stereocenters. The van der Waals surface area contributed by atoms with Crippen molar-refractivity contribution in [1.29, 1.82) is 0 Å². The molecule has 0 saturated carbocycles. The van der Waals surface area contributed by atoms with Crippen molar-refractivity contribution in [3.05, 3.63) is 0 Å². The Balaban J connectivity index is 3.83. The van der Waals surface area contributed by atoms with Crippen LogP contribution in [0.15, 0.2) is 0 Å². The Bertz CT molecular complexity index is 101. The highest BCUT2D eigenvalue weighted by molar-refractivity contribution is 7.79. The molecule has 1 N–H and O–H groups in total. The third-order valence-corrected chi connectivity index (χ3v) is 2.80. The lowest BCUT2D eigenvalue weighted by molar-refractivity contribution is 0.500. The summed E-state index contributed by atoms with van der Waals surface area (Å²) in [6.07, 6.45) is 0.779. The van der Waals surface area contributed by atoms with Crippen LogP contribution in [0.25, 0.3) is 0 Å². The molecular formula is C6H14O2S. The Labute approximate surface area is 58.9 Å². The van der Waals surface area contributed by atoms with Crippen LogP contribution in [0.5, 0.6) is 0 Å². The second-order valence-electron chi connectivity index (χ2n) is 2.47. The van der Waals surface area contributed by atoms with Crippen molar-refractivity contribution in [2.24, 2.45) is 5.92 Å². The summed E-state index contributed by atoms with van der Waals surface area (Å²) in [4.78, 5) is 0. The molecule has 0 aromatic rings. The summed E-state index contributed by atoms with van der Waals surface area (Å²) in [5.74, 6) is 0.306. The summed E-state index contributed by atoms with van der Waals surface area (Å²) in [5.41, 5.74) is 0. The van der Waals surface area contributed by atoms with Gasteiger partial charge in [0.2, 0.25) is 0 Å². The molecule has 9 heavy (non-hydrogen) atoms. The van der Waals surface area contributed by atoms with Crippen molar-refractivity contribution in [3.8, 4) is 0 Å². The van der Waals surface area contributed by atoms with Gasteiger partial charge < -0.3 is 4.55 Å². The summed E-state index contributed by atoms with van der Waals surface area (Å²) in [6.45, 7) is 5.85. The Kier molecular flexibility index (Phi) is 4.06. The minimum Gasteiger partial charge on any atom is -0.306 e. The molecule has 56 valence electrons. The van der Waals surface area contributed by atoms with Gasteiger partial charge in [-0.1, -0.05) is 20.8 Å². The zero-order chi connectivity index (χ0) is 7.44. The van der Waals surface area contributed by atoms with Gasteiger partial charge in [0, 0.05) is 0 Å². The van der Waals surface area contributed by atoms with E-state index in [0.717, 1.165) is 6.42 Å². The van der Waals surface area contributed by atoms with E-state index in [1.165, 1.54) is 0 Å². The van der Waals surface area contributed by atoms with Crippen molar-refractivity contribution in [1.82, 2.24) is 0 Å². The van der Waals surface area contributed by atoms with Crippen LogP contribution in [-0.2, 0) is 11.1 Å². The van der Waals surface area contributed by atoms with E-state index >= 15 is 0 Å². The van der Waals surface area contributed by atoms with E-state index in [4.69, 9.17) is 4.55 Å². The van der Waals surface area contributed by atoms with E-state index in [0.29, 0.717) is 5.92 Å². The van der Waals surface area contributed by atoms with Gasteiger partial charge in [-0.05, 0) is 12.3 Å². The molecule has 0 rings (SSSR count). The van der Waals surface area contributed by atoms with Crippen molar-refractivity contribution in [3.63, 3.8) is 0 Å². The molecule has 0 heterocycles. The van der Waals surface area contributed by atoms with Gasteiger partial charge in [0.15, 0.2) is 11.1 Å². The molecule has 2 nitrogen and oxygen atoms in total. The van der Waals surface area contributed by atoms with Crippen LogP contribution in [0, 0.1) is 5.92 Å². The molecule has 3 heteroatoms. The molecule has 0 amide bonds. The van der Waals surface area contributed by atoms with Gasteiger partial charge in [-0.2, -0.15) is 0 Å². The molecule has 0 aliphatic carbocycles. The monoisotopic (exact) mass is 150 g/mol. The van der Waals surface area contributed by atoms with Crippen molar-refractivity contribution in [2.45, 2.75) is 32.4 Å². The molecule has 0 fully saturated rings. The number of hydrogen-bond acceptors (Lipinski definition) is 1. The Morgan fingerprint density at radius 2 is 2.00 bits per heavy atom. The predicted molar refractivity (Wildman–Crippen MR) is 39.7 cm³/mol. The highest BCUT2D eigenvalue weighted by atomic mass is 32.2. The van der Waals surface area contributed by atoms with E-state index in [9.17, 15) is 4.21 Å². The maximum Gasteiger partial charge on any atom is 0.156 e. The third-order valence-electron chi connectivity index (χ3n) is 1.40. The topological polar surface area (TPSA) is 37.3 Å². The lowest BCUT2D eigenvalue weighted by atomic mass is 10.1. The fraction of sp³-hybridized carbons (Fsp3) is 1.00. The van der Waals surface area contributed by atoms with Gasteiger partial charge in [-0.25, -0.2) is 4.21 Å². The van der Waals surface area contributed by atoms with Crippen molar-refractivity contribution >= 4 is 11.1 Å². The molecule has 0 saturated heterocycles. The van der Waals surface area contributed by atoms with Crippen LogP contribution >= 0.6 is 0 Å². The van der Waals surface area contributed by atoms with Gasteiger partial charge in [0.1, 0.15) is 0 Å². The summed E-state index contributed by atoms with van der Waals surface area (Å²) < 4.78 is 19.1. The molecule has 0 aliphatic heterocycles. The van der Waals surface area contributed by atoms with E-state index in [1.807, 2.05) is 20.8 Å². The zero-order valence-electron chi connectivity index (χ0n) is 6.13. The van der Waals surface area contributed by atoms with E-state index in [2.05, 4.69) is 0 Å². The van der Waals surface area contributed by atoms with Gasteiger partial charge in [0.25, 0.3) is 0 Å². The fourth-order valence-electron chi connectivity index (χ4n) is 0.847. The Hall–Kier alpha value is 0.110. The standard InChI is InChI=1S/C6H14O2S/c1-4-6(5(2)3)9(7)8/h5-6H,4H2,1-3H3,(H,7,8). The smallest absolute Gasteiger partial charge is 0.156 e.